The Morgan fingerprint density at radius 2 is 2.12 bits per heavy atom. The van der Waals surface area contributed by atoms with Gasteiger partial charge in [0.1, 0.15) is 16.6 Å². The molecule has 0 unspecified atom stereocenters. The van der Waals surface area contributed by atoms with Crippen LogP contribution in [0.5, 0.6) is 0 Å². The van der Waals surface area contributed by atoms with E-state index < -0.39 is 17.6 Å². The molecule has 16 heavy (non-hydrogen) atoms. The SMILES string of the molecule is O=C(O)c1csc(-c2cc(F)ccc2F)n1. The lowest BCUT2D eigenvalue weighted by atomic mass is 10.2. The summed E-state index contributed by atoms with van der Waals surface area (Å²) in [7, 11) is 0. The number of halogens is 2. The first kappa shape index (κ1) is 10.7. The highest BCUT2D eigenvalue weighted by Crippen LogP contribution is 2.26. The number of carboxylic acids is 1. The fourth-order valence-corrected chi connectivity index (χ4v) is 1.97. The molecule has 0 aliphatic heterocycles. The van der Waals surface area contributed by atoms with Crippen LogP contribution >= 0.6 is 11.3 Å². The maximum Gasteiger partial charge on any atom is 0.355 e. The normalized spacial score (nSPS) is 10.4. The number of aromatic carboxylic acids is 1. The van der Waals surface area contributed by atoms with Crippen LogP contribution in [0.15, 0.2) is 23.6 Å². The highest BCUT2D eigenvalue weighted by atomic mass is 32.1. The lowest BCUT2D eigenvalue weighted by Gasteiger charge is -1.98. The average Bonchev–Trinajstić information content (AvgIpc) is 2.70. The summed E-state index contributed by atoms with van der Waals surface area (Å²) in [6.07, 6.45) is 0. The van der Waals surface area contributed by atoms with Crippen molar-refractivity contribution in [1.82, 2.24) is 4.98 Å². The van der Waals surface area contributed by atoms with E-state index in [1.807, 2.05) is 0 Å². The first-order valence-corrected chi connectivity index (χ1v) is 5.10. The smallest absolute Gasteiger partial charge is 0.355 e. The van der Waals surface area contributed by atoms with Gasteiger partial charge in [0.05, 0.1) is 0 Å². The third kappa shape index (κ3) is 1.92. The minimum absolute atomic E-state index is 0.0301. The molecule has 0 saturated heterocycles. The Morgan fingerprint density at radius 3 is 2.75 bits per heavy atom. The summed E-state index contributed by atoms with van der Waals surface area (Å²) in [5.74, 6) is -2.42. The largest absolute Gasteiger partial charge is 0.476 e. The molecule has 1 heterocycles. The predicted molar refractivity (Wildman–Crippen MR) is 54.4 cm³/mol. The summed E-state index contributed by atoms with van der Waals surface area (Å²) in [5, 5.41) is 10.1. The Bertz CT molecular complexity index is 554. The molecule has 2 aromatic rings. The molecule has 0 aliphatic rings. The van der Waals surface area contributed by atoms with E-state index in [-0.39, 0.29) is 16.3 Å². The van der Waals surface area contributed by atoms with Gasteiger partial charge in [0.25, 0.3) is 0 Å². The number of benzene rings is 1. The van der Waals surface area contributed by atoms with Crippen molar-refractivity contribution in [2.75, 3.05) is 0 Å². The quantitative estimate of drug-likeness (QED) is 0.879. The molecule has 0 amide bonds. The van der Waals surface area contributed by atoms with Gasteiger partial charge in [-0.3, -0.25) is 0 Å². The first-order valence-electron chi connectivity index (χ1n) is 4.22. The van der Waals surface area contributed by atoms with Crippen LogP contribution in [0.25, 0.3) is 10.6 Å². The number of aromatic nitrogens is 1. The van der Waals surface area contributed by atoms with Crippen LogP contribution in [0.3, 0.4) is 0 Å². The van der Waals surface area contributed by atoms with Crippen LogP contribution < -0.4 is 0 Å². The Balaban J connectivity index is 2.50. The van der Waals surface area contributed by atoms with Crippen molar-refractivity contribution in [1.29, 1.82) is 0 Å². The van der Waals surface area contributed by atoms with Gasteiger partial charge in [0.2, 0.25) is 0 Å². The highest BCUT2D eigenvalue weighted by Gasteiger charge is 2.13. The van der Waals surface area contributed by atoms with Crippen LogP contribution in [-0.2, 0) is 0 Å². The van der Waals surface area contributed by atoms with E-state index in [2.05, 4.69) is 4.98 Å². The Labute approximate surface area is 93.0 Å². The second-order valence-corrected chi connectivity index (χ2v) is 3.83. The molecule has 0 spiro atoms. The van der Waals surface area contributed by atoms with E-state index in [1.54, 1.807) is 0 Å². The van der Waals surface area contributed by atoms with E-state index in [0.29, 0.717) is 0 Å². The maximum atomic E-state index is 13.3. The van der Waals surface area contributed by atoms with Crippen molar-refractivity contribution in [2.45, 2.75) is 0 Å². The van der Waals surface area contributed by atoms with Gasteiger partial charge >= 0.3 is 5.97 Å². The fraction of sp³-hybridized carbons (Fsp3) is 0. The Kier molecular flexibility index (Phi) is 2.66. The van der Waals surface area contributed by atoms with Crippen molar-refractivity contribution in [3.8, 4) is 10.6 Å². The lowest BCUT2D eigenvalue weighted by Crippen LogP contribution is -1.96. The molecular formula is C10H5F2NO2S. The van der Waals surface area contributed by atoms with Gasteiger partial charge in [-0.25, -0.2) is 18.6 Å². The number of hydrogen-bond acceptors (Lipinski definition) is 3. The molecule has 0 fully saturated rings. The summed E-state index contributed by atoms with van der Waals surface area (Å²) in [4.78, 5) is 14.3. The van der Waals surface area contributed by atoms with E-state index in [0.717, 1.165) is 29.5 Å². The van der Waals surface area contributed by atoms with Crippen LogP contribution in [0.1, 0.15) is 10.5 Å². The van der Waals surface area contributed by atoms with Crippen LogP contribution in [0.2, 0.25) is 0 Å². The molecule has 1 aromatic heterocycles. The van der Waals surface area contributed by atoms with Crippen LogP contribution in [-0.4, -0.2) is 16.1 Å². The second-order valence-electron chi connectivity index (χ2n) is 2.97. The predicted octanol–water partition coefficient (Wildman–Crippen LogP) is 2.79. The van der Waals surface area contributed by atoms with E-state index >= 15 is 0 Å². The monoisotopic (exact) mass is 241 g/mol. The summed E-state index contributed by atoms with van der Waals surface area (Å²) in [6.45, 7) is 0. The van der Waals surface area contributed by atoms with Gasteiger partial charge in [-0.2, -0.15) is 0 Å². The van der Waals surface area contributed by atoms with Gasteiger partial charge in [0, 0.05) is 10.9 Å². The van der Waals surface area contributed by atoms with Crippen molar-refractivity contribution in [2.24, 2.45) is 0 Å². The molecule has 0 bridgehead atoms. The molecule has 0 saturated carbocycles. The van der Waals surface area contributed by atoms with Gasteiger partial charge < -0.3 is 5.11 Å². The van der Waals surface area contributed by atoms with E-state index in [4.69, 9.17) is 5.11 Å². The summed E-state index contributed by atoms with van der Waals surface area (Å²) in [5.41, 5.74) is -0.207. The molecule has 0 radical (unpaired) electrons. The summed E-state index contributed by atoms with van der Waals surface area (Å²) in [6, 6.07) is 2.96. The minimum Gasteiger partial charge on any atom is -0.476 e. The van der Waals surface area contributed by atoms with Crippen LogP contribution in [0, 0.1) is 11.6 Å². The van der Waals surface area contributed by atoms with Crippen molar-refractivity contribution < 1.29 is 18.7 Å². The van der Waals surface area contributed by atoms with Crippen molar-refractivity contribution >= 4 is 17.3 Å². The zero-order chi connectivity index (χ0) is 11.7. The highest BCUT2D eigenvalue weighted by molar-refractivity contribution is 7.13. The third-order valence-electron chi connectivity index (χ3n) is 1.88. The zero-order valence-corrected chi connectivity index (χ0v) is 8.59. The maximum absolute atomic E-state index is 13.3. The number of nitrogens with zero attached hydrogens (tertiary/aromatic N) is 1. The number of carbonyl (C=O) groups is 1. The topological polar surface area (TPSA) is 50.2 Å². The van der Waals surface area contributed by atoms with E-state index in [9.17, 15) is 13.6 Å². The molecule has 1 N–H and O–H groups in total. The van der Waals surface area contributed by atoms with Gasteiger partial charge in [-0.15, -0.1) is 11.3 Å². The molecule has 82 valence electrons. The Hall–Kier alpha value is -1.82. The minimum atomic E-state index is -1.20. The van der Waals surface area contributed by atoms with E-state index in [1.165, 1.54) is 5.38 Å². The molecule has 2 rings (SSSR count). The second kappa shape index (κ2) is 3.97. The van der Waals surface area contributed by atoms with Gasteiger partial charge in [-0.1, -0.05) is 0 Å². The number of rotatable bonds is 2. The van der Waals surface area contributed by atoms with Gasteiger partial charge in [0.15, 0.2) is 5.69 Å². The molecule has 6 heteroatoms. The van der Waals surface area contributed by atoms with Crippen molar-refractivity contribution in [3.05, 3.63) is 40.9 Å². The average molecular weight is 241 g/mol. The fourth-order valence-electron chi connectivity index (χ4n) is 1.16. The number of thiazole rings is 1. The zero-order valence-electron chi connectivity index (χ0n) is 7.78. The number of hydrogen-bond donors (Lipinski definition) is 1. The molecule has 3 nitrogen and oxygen atoms in total. The van der Waals surface area contributed by atoms with Crippen molar-refractivity contribution in [3.63, 3.8) is 0 Å². The molecular weight excluding hydrogens is 236 g/mol. The molecule has 1 aromatic carbocycles. The summed E-state index contributed by atoms with van der Waals surface area (Å²) >= 11 is 0.955. The molecule has 0 aliphatic carbocycles. The summed E-state index contributed by atoms with van der Waals surface area (Å²) < 4.78 is 26.2. The first-order chi connectivity index (χ1) is 7.58. The van der Waals surface area contributed by atoms with Gasteiger partial charge in [-0.05, 0) is 18.2 Å². The number of carboxylic acid groups (broad SMARTS) is 1. The Morgan fingerprint density at radius 1 is 1.38 bits per heavy atom. The molecule has 0 atom stereocenters. The lowest BCUT2D eigenvalue weighted by molar-refractivity contribution is 0.0691. The standard InChI is InChI=1S/C10H5F2NO2S/c11-5-1-2-7(12)6(3-5)9-13-8(4-16-9)10(14)15/h1-4H,(H,14,15). The third-order valence-corrected chi connectivity index (χ3v) is 2.76. The van der Waals surface area contributed by atoms with Crippen LogP contribution in [0.4, 0.5) is 8.78 Å².